The number of nitrogens with two attached hydrogens (primary N) is 1. The monoisotopic (exact) mass is 546 g/mol. The highest BCUT2D eigenvalue weighted by atomic mass is 35.5. The number of nitrogen functional groups attached to an aromatic ring is 1. The highest BCUT2D eigenvalue weighted by molar-refractivity contribution is 6.05. The van der Waals surface area contributed by atoms with Gasteiger partial charge in [0.05, 0.1) is 18.5 Å². The number of aryl methyl sites for hydroxylation is 2. The maximum Gasteiger partial charge on any atom is 0.357 e. The second kappa shape index (κ2) is 12.0. The first-order valence-electron chi connectivity index (χ1n) is 12.5. The molecule has 0 aliphatic heterocycles. The number of nitrogens with zero attached hydrogens (tertiary/aromatic N) is 6. The van der Waals surface area contributed by atoms with Crippen molar-refractivity contribution in [1.82, 2.24) is 29.3 Å². The number of anilines is 2. The normalized spacial score (nSPS) is 10.8. The van der Waals surface area contributed by atoms with E-state index in [0.29, 0.717) is 42.5 Å². The lowest BCUT2D eigenvalue weighted by molar-refractivity contribution is 0.0516. The van der Waals surface area contributed by atoms with E-state index < -0.39 is 5.97 Å². The summed E-state index contributed by atoms with van der Waals surface area (Å²) in [5.74, 6) is 0.708. The Bertz CT molecular complexity index is 1560. The number of carbonyl (C=O) groups is 1. The van der Waals surface area contributed by atoms with E-state index in [9.17, 15) is 4.79 Å². The summed E-state index contributed by atoms with van der Waals surface area (Å²) in [6, 6.07) is 12.0. The molecule has 0 saturated heterocycles. The number of benzene rings is 1. The van der Waals surface area contributed by atoms with Gasteiger partial charge in [0.25, 0.3) is 0 Å². The molecule has 5 aromatic rings. The molecule has 0 atom stereocenters. The molecule has 0 unspecified atom stereocenters. The number of halogens is 1. The second-order valence-electron chi connectivity index (χ2n) is 9.11. The molecule has 4 aromatic heterocycles. The molecule has 11 heteroatoms. The minimum Gasteiger partial charge on any atom is -0.461 e. The fraction of sp³-hybridized carbons (Fsp3) is 0.250. The number of ether oxygens (including phenoxy) is 1. The highest BCUT2D eigenvalue weighted by Crippen LogP contribution is 2.27. The summed E-state index contributed by atoms with van der Waals surface area (Å²) in [5, 5.41) is 8.41. The molecule has 202 valence electrons. The fourth-order valence-corrected chi connectivity index (χ4v) is 4.60. The van der Waals surface area contributed by atoms with E-state index >= 15 is 0 Å². The summed E-state index contributed by atoms with van der Waals surface area (Å²) >= 11 is 0. The number of esters is 1. The maximum absolute atomic E-state index is 13.0. The van der Waals surface area contributed by atoms with Crippen molar-refractivity contribution in [2.75, 3.05) is 17.7 Å². The minimum absolute atomic E-state index is 0. The Labute approximate surface area is 232 Å². The van der Waals surface area contributed by atoms with Crippen LogP contribution in [0.4, 0.5) is 11.6 Å². The standard InChI is InChI=1S/C28H30N8O2.ClH/c1-4-38-28(37)26-25-23(27(32-17-31-25)30-13-22-18(2)12-24(29)34-19(22)3)16-35(26)14-20-6-8-21(9-7-20)15-36-11-5-10-33-36;/h5-12,16-17H,4,13-15H2,1-3H3,(H2,29,34)(H,30,31,32);1H. The molecular weight excluding hydrogens is 516 g/mol. The van der Waals surface area contributed by atoms with Gasteiger partial charge in [0.15, 0.2) is 5.69 Å². The molecule has 0 saturated carbocycles. The number of rotatable bonds is 9. The predicted molar refractivity (Wildman–Crippen MR) is 153 cm³/mol. The van der Waals surface area contributed by atoms with Crippen LogP contribution in [0.1, 0.15) is 45.4 Å². The Morgan fingerprint density at radius 2 is 1.85 bits per heavy atom. The quantitative estimate of drug-likeness (QED) is 0.258. The number of aromatic nitrogens is 6. The molecule has 0 aliphatic rings. The lowest BCUT2D eigenvalue weighted by atomic mass is 10.1. The minimum atomic E-state index is -0.420. The smallest absolute Gasteiger partial charge is 0.357 e. The molecule has 0 spiro atoms. The molecule has 10 nitrogen and oxygen atoms in total. The van der Waals surface area contributed by atoms with E-state index in [1.807, 2.05) is 47.6 Å². The van der Waals surface area contributed by atoms with Gasteiger partial charge in [0.1, 0.15) is 23.5 Å². The van der Waals surface area contributed by atoms with Gasteiger partial charge in [-0.3, -0.25) is 4.68 Å². The third-order valence-corrected chi connectivity index (χ3v) is 6.44. The molecule has 0 radical (unpaired) electrons. The molecule has 39 heavy (non-hydrogen) atoms. The zero-order valence-corrected chi connectivity index (χ0v) is 22.9. The lowest BCUT2D eigenvalue weighted by Crippen LogP contribution is -2.13. The Morgan fingerprint density at radius 3 is 2.51 bits per heavy atom. The largest absolute Gasteiger partial charge is 0.461 e. The second-order valence-corrected chi connectivity index (χ2v) is 9.11. The molecule has 0 fully saturated rings. The molecule has 3 N–H and O–H groups in total. The molecule has 1 aromatic carbocycles. The van der Waals surface area contributed by atoms with Crippen LogP contribution in [0.15, 0.2) is 61.3 Å². The van der Waals surface area contributed by atoms with E-state index in [0.717, 1.165) is 33.3 Å². The van der Waals surface area contributed by atoms with E-state index in [-0.39, 0.29) is 19.0 Å². The van der Waals surface area contributed by atoms with Gasteiger partial charge < -0.3 is 20.4 Å². The molecule has 0 bridgehead atoms. The van der Waals surface area contributed by atoms with Gasteiger partial charge in [-0.2, -0.15) is 5.10 Å². The van der Waals surface area contributed by atoms with Gasteiger partial charge in [0, 0.05) is 37.4 Å². The van der Waals surface area contributed by atoms with Crippen LogP contribution in [-0.4, -0.2) is 41.9 Å². The maximum atomic E-state index is 13.0. The van der Waals surface area contributed by atoms with Crippen LogP contribution in [0.2, 0.25) is 0 Å². The summed E-state index contributed by atoms with van der Waals surface area (Å²) < 4.78 is 9.15. The number of hydrogen-bond donors (Lipinski definition) is 2. The lowest BCUT2D eigenvalue weighted by Gasteiger charge is -2.12. The molecule has 0 amide bonds. The summed E-state index contributed by atoms with van der Waals surface area (Å²) in [4.78, 5) is 26.3. The first-order valence-corrected chi connectivity index (χ1v) is 12.5. The Hall–Kier alpha value is -4.44. The van der Waals surface area contributed by atoms with Crippen LogP contribution in [0, 0.1) is 13.8 Å². The van der Waals surface area contributed by atoms with Crippen LogP contribution in [0.25, 0.3) is 10.9 Å². The van der Waals surface area contributed by atoms with Crippen molar-refractivity contribution in [3.63, 3.8) is 0 Å². The molecule has 0 aliphatic carbocycles. The SMILES string of the molecule is CCOC(=O)c1c2ncnc(NCc3c(C)cc(N)nc3C)c2cn1Cc1ccc(Cn2cccn2)cc1.Cl. The van der Waals surface area contributed by atoms with Gasteiger partial charge in [-0.1, -0.05) is 24.3 Å². The van der Waals surface area contributed by atoms with Crippen molar-refractivity contribution in [3.05, 3.63) is 95.0 Å². The fourth-order valence-electron chi connectivity index (χ4n) is 4.60. The Morgan fingerprint density at radius 1 is 1.10 bits per heavy atom. The zero-order chi connectivity index (χ0) is 26.6. The van der Waals surface area contributed by atoms with Crippen molar-refractivity contribution in [2.45, 2.75) is 40.4 Å². The number of nitrogens with one attached hydrogen (secondary N) is 1. The summed E-state index contributed by atoms with van der Waals surface area (Å²) in [6.45, 7) is 7.69. The number of fused-ring (bicyclic) bond motifs is 1. The van der Waals surface area contributed by atoms with E-state index in [4.69, 9.17) is 10.5 Å². The number of carbonyl (C=O) groups excluding carboxylic acids is 1. The van der Waals surface area contributed by atoms with Crippen molar-refractivity contribution < 1.29 is 9.53 Å². The van der Waals surface area contributed by atoms with E-state index in [2.05, 4.69) is 49.6 Å². The summed E-state index contributed by atoms with van der Waals surface area (Å²) in [5.41, 5.74) is 12.0. The van der Waals surface area contributed by atoms with Gasteiger partial charge in [-0.15, -0.1) is 12.4 Å². The Balaban J connectivity index is 0.00000353. The average molecular weight is 547 g/mol. The van der Waals surface area contributed by atoms with E-state index in [1.54, 1.807) is 13.1 Å². The number of hydrogen-bond acceptors (Lipinski definition) is 8. The van der Waals surface area contributed by atoms with Crippen LogP contribution < -0.4 is 11.1 Å². The first kappa shape index (κ1) is 27.6. The topological polar surface area (TPSA) is 126 Å². The molecule has 5 rings (SSSR count). The third-order valence-electron chi connectivity index (χ3n) is 6.44. The highest BCUT2D eigenvalue weighted by Gasteiger charge is 2.22. The average Bonchev–Trinajstić information content (AvgIpc) is 3.52. The van der Waals surface area contributed by atoms with Gasteiger partial charge in [-0.25, -0.2) is 19.7 Å². The zero-order valence-electron chi connectivity index (χ0n) is 22.1. The molecular formula is C28H31ClN8O2. The summed E-state index contributed by atoms with van der Waals surface area (Å²) in [6.07, 6.45) is 7.07. The van der Waals surface area contributed by atoms with Gasteiger partial charge in [0.2, 0.25) is 0 Å². The van der Waals surface area contributed by atoms with Crippen LogP contribution >= 0.6 is 12.4 Å². The first-order chi connectivity index (χ1) is 18.4. The number of pyridine rings is 1. The van der Waals surface area contributed by atoms with Crippen molar-refractivity contribution in [3.8, 4) is 0 Å². The van der Waals surface area contributed by atoms with Crippen LogP contribution in [0.5, 0.6) is 0 Å². The van der Waals surface area contributed by atoms with Crippen LogP contribution in [0.3, 0.4) is 0 Å². The van der Waals surface area contributed by atoms with Crippen molar-refractivity contribution >= 4 is 40.9 Å². The Kier molecular flexibility index (Phi) is 8.46. The van der Waals surface area contributed by atoms with E-state index in [1.165, 1.54) is 6.33 Å². The van der Waals surface area contributed by atoms with Crippen molar-refractivity contribution in [1.29, 1.82) is 0 Å². The van der Waals surface area contributed by atoms with Crippen LogP contribution in [-0.2, 0) is 24.4 Å². The molecule has 4 heterocycles. The van der Waals surface area contributed by atoms with Crippen molar-refractivity contribution in [2.24, 2.45) is 0 Å². The summed E-state index contributed by atoms with van der Waals surface area (Å²) in [7, 11) is 0. The van der Waals surface area contributed by atoms with Gasteiger partial charge in [-0.05, 0) is 55.2 Å². The predicted octanol–water partition coefficient (Wildman–Crippen LogP) is 4.53. The van der Waals surface area contributed by atoms with Gasteiger partial charge >= 0.3 is 5.97 Å². The third kappa shape index (κ3) is 6.01.